The van der Waals surface area contributed by atoms with Crippen molar-refractivity contribution in [2.75, 3.05) is 0 Å². The first-order valence-electron chi connectivity index (χ1n) is 13.7. The van der Waals surface area contributed by atoms with Crippen molar-refractivity contribution in [1.82, 2.24) is 9.97 Å². The summed E-state index contributed by atoms with van der Waals surface area (Å²) >= 11 is 0. The van der Waals surface area contributed by atoms with Crippen LogP contribution in [-0.4, -0.2) is 9.97 Å². The Hall–Kier alpha value is -4.13. The Labute approximate surface area is 256 Å². The van der Waals surface area contributed by atoms with Gasteiger partial charge >= 0.3 is 21.1 Å². The molecule has 0 saturated carbocycles. The Balaban J connectivity index is 0.00000302. The number of benzene rings is 4. The molecule has 6 aromatic rings. The molecule has 7 rings (SSSR count). The summed E-state index contributed by atoms with van der Waals surface area (Å²) in [6.07, 6.45) is 0. The smallest absolute Gasteiger partial charge is 0.300 e. The molecule has 41 heavy (non-hydrogen) atoms. The molecule has 2 unspecified atom stereocenters. The molecular weight excluding hydrogens is 680 g/mol. The molecule has 0 saturated heterocycles. The molecule has 0 radical (unpaired) electrons. The number of aromatic nitrogens is 2. The van der Waals surface area contributed by atoms with Crippen molar-refractivity contribution in [2.45, 2.75) is 24.7 Å². The minimum atomic E-state index is -0.523. The van der Waals surface area contributed by atoms with E-state index < -0.39 is 10.8 Å². The third kappa shape index (κ3) is 4.48. The molecule has 0 N–H and O–H groups in total. The van der Waals surface area contributed by atoms with Crippen LogP contribution in [0.2, 0.25) is 0 Å². The summed E-state index contributed by atoms with van der Waals surface area (Å²) in [6.45, 7) is 4.48. The van der Waals surface area contributed by atoms with Crippen molar-refractivity contribution >= 4 is 0 Å². The quantitative estimate of drug-likeness (QED) is 0.169. The summed E-state index contributed by atoms with van der Waals surface area (Å²) in [5, 5.41) is 0. The van der Waals surface area contributed by atoms with Crippen molar-refractivity contribution in [3.05, 3.63) is 179 Å². The van der Waals surface area contributed by atoms with Gasteiger partial charge in [-0.25, -0.2) is 0 Å². The molecule has 2 aromatic heterocycles. The Bertz CT molecular complexity index is 1600. The van der Waals surface area contributed by atoms with E-state index in [9.17, 15) is 0 Å². The van der Waals surface area contributed by atoms with Gasteiger partial charge in [0, 0.05) is 22.2 Å². The Morgan fingerprint density at radius 2 is 0.829 bits per heavy atom. The predicted molar refractivity (Wildman–Crippen MR) is 161 cm³/mol. The molecule has 8 bridgehead atoms. The number of hydrogen-bond acceptors (Lipinski definition) is 2. The van der Waals surface area contributed by atoms with Gasteiger partial charge in [0.05, 0.1) is 0 Å². The van der Waals surface area contributed by atoms with E-state index in [-0.39, 0.29) is 21.1 Å². The zero-order valence-corrected chi connectivity index (χ0v) is 25.2. The van der Waals surface area contributed by atoms with Crippen molar-refractivity contribution in [2.24, 2.45) is 0 Å². The van der Waals surface area contributed by atoms with E-state index in [1.807, 2.05) is 0 Å². The summed E-state index contributed by atoms with van der Waals surface area (Å²) in [5.74, 6) is 0. The molecule has 3 heterocycles. The van der Waals surface area contributed by atoms with Gasteiger partial charge in [-0.2, -0.15) is 0 Å². The van der Waals surface area contributed by atoms with Gasteiger partial charge < -0.3 is 9.97 Å². The molecule has 0 spiro atoms. The van der Waals surface area contributed by atoms with Crippen LogP contribution >= 0.6 is 0 Å². The minimum absolute atomic E-state index is 0. The number of pyridine rings is 2. The second-order valence-corrected chi connectivity index (χ2v) is 10.8. The van der Waals surface area contributed by atoms with Gasteiger partial charge in [0.15, 0.2) is 0 Å². The summed E-state index contributed by atoms with van der Waals surface area (Å²) in [4.78, 5) is 10.6. The zero-order chi connectivity index (χ0) is 27.2. The zero-order valence-electron chi connectivity index (χ0n) is 22.9. The second kappa shape index (κ2) is 10.7. The largest absolute Gasteiger partial charge is 2.00 e. The van der Waals surface area contributed by atoms with Crippen molar-refractivity contribution in [3.8, 4) is 22.5 Å². The third-order valence-electron chi connectivity index (χ3n) is 8.44. The van der Waals surface area contributed by atoms with Crippen LogP contribution in [-0.2, 0) is 31.9 Å². The molecule has 0 aliphatic carbocycles. The van der Waals surface area contributed by atoms with Crippen LogP contribution in [0.15, 0.2) is 133 Å². The average Bonchev–Trinajstić information content (AvgIpc) is 3.04. The minimum Gasteiger partial charge on any atom is -0.300 e. The van der Waals surface area contributed by atoms with E-state index >= 15 is 0 Å². The molecule has 0 amide bonds. The summed E-state index contributed by atoms with van der Waals surface area (Å²) in [7, 11) is 0. The van der Waals surface area contributed by atoms with Gasteiger partial charge in [-0.05, 0) is 48.5 Å². The maximum atomic E-state index is 5.30. The van der Waals surface area contributed by atoms with Crippen LogP contribution < -0.4 is 0 Å². The topological polar surface area (TPSA) is 25.8 Å². The molecule has 200 valence electrons. The first-order chi connectivity index (χ1) is 19.6. The van der Waals surface area contributed by atoms with Gasteiger partial charge in [-0.3, -0.25) is 0 Å². The molecule has 1 aliphatic rings. The predicted octanol–water partition coefficient (Wildman–Crippen LogP) is 8.43. The number of nitrogens with zero attached hydrogens (tertiary/aromatic N) is 2. The fourth-order valence-electron chi connectivity index (χ4n) is 5.97. The van der Waals surface area contributed by atoms with Crippen molar-refractivity contribution in [3.63, 3.8) is 0 Å². The standard InChI is InChI=1S/C38H28N2.Pt/c1-37(29-15-5-3-6-16-29)31-19-9-13-27(25-31)34-22-12-24-36(40-34)38(2,30-17-7-4-8-18-30)32-20-10-14-28(26-32)33-21-11-23-35(37)39-33;/h3-24H,1-2H3;/q-2;+2. The van der Waals surface area contributed by atoms with E-state index in [4.69, 9.17) is 9.97 Å². The van der Waals surface area contributed by atoms with Crippen LogP contribution in [0.3, 0.4) is 0 Å². The van der Waals surface area contributed by atoms with E-state index in [1.165, 1.54) is 0 Å². The Morgan fingerprint density at radius 3 is 1.24 bits per heavy atom. The fraction of sp³-hybridized carbons (Fsp3) is 0.105. The maximum absolute atomic E-state index is 5.30. The molecule has 2 atom stereocenters. The van der Waals surface area contributed by atoms with Crippen LogP contribution in [0.5, 0.6) is 0 Å². The van der Waals surface area contributed by atoms with E-state index in [0.29, 0.717) is 0 Å². The Kier molecular flexibility index (Phi) is 7.06. The molecule has 3 heteroatoms. The monoisotopic (exact) mass is 707 g/mol. The van der Waals surface area contributed by atoms with Crippen LogP contribution in [0.25, 0.3) is 22.5 Å². The van der Waals surface area contributed by atoms with Gasteiger partial charge in [0.1, 0.15) is 0 Å². The van der Waals surface area contributed by atoms with Gasteiger partial charge in [0.2, 0.25) is 0 Å². The van der Waals surface area contributed by atoms with E-state index in [1.54, 1.807) is 0 Å². The first kappa shape index (κ1) is 27.1. The van der Waals surface area contributed by atoms with Crippen molar-refractivity contribution in [1.29, 1.82) is 0 Å². The van der Waals surface area contributed by atoms with E-state index in [0.717, 1.165) is 56.2 Å². The third-order valence-corrected chi connectivity index (χ3v) is 8.44. The molecular formula is C38H28N2Pt. The van der Waals surface area contributed by atoms with Crippen LogP contribution in [0.4, 0.5) is 0 Å². The molecule has 0 fully saturated rings. The summed E-state index contributed by atoms with van der Waals surface area (Å²) in [5.41, 5.74) is 9.02. The fourth-order valence-corrected chi connectivity index (χ4v) is 5.97. The second-order valence-electron chi connectivity index (χ2n) is 10.8. The average molecular weight is 708 g/mol. The van der Waals surface area contributed by atoms with Crippen LogP contribution in [0, 0.1) is 12.1 Å². The number of rotatable bonds is 2. The van der Waals surface area contributed by atoms with Gasteiger partial charge in [-0.15, -0.1) is 70.8 Å². The molecule has 2 nitrogen and oxygen atoms in total. The van der Waals surface area contributed by atoms with E-state index in [2.05, 4.69) is 159 Å². The normalized spacial score (nSPS) is 19.0. The maximum Gasteiger partial charge on any atom is 2.00 e. The first-order valence-corrected chi connectivity index (χ1v) is 13.7. The summed E-state index contributed by atoms with van der Waals surface area (Å²) in [6, 6.07) is 54.1. The van der Waals surface area contributed by atoms with Gasteiger partial charge in [0.25, 0.3) is 0 Å². The SMILES string of the molecule is CC1(c2ccccc2)c2[c-]c(ccc2)-c2cccc(n2)C(C)(c2ccccc2)c2[c-]c(ccc2)-c2cccc1n2.[Pt+2]. The van der Waals surface area contributed by atoms with Gasteiger partial charge in [-0.1, -0.05) is 84.9 Å². The summed E-state index contributed by atoms with van der Waals surface area (Å²) < 4.78 is 0. The number of hydrogen-bond donors (Lipinski definition) is 0. The number of fused-ring (bicyclic) bond motifs is 10. The Morgan fingerprint density at radius 1 is 0.439 bits per heavy atom. The molecule has 4 aromatic carbocycles. The molecule has 1 aliphatic heterocycles. The van der Waals surface area contributed by atoms with Crippen molar-refractivity contribution < 1.29 is 21.1 Å². The van der Waals surface area contributed by atoms with Crippen LogP contribution in [0.1, 0.15) is 47.5 Å².